The zero-order valence-electron chi connectivity index (χ0n) is 33.3. The quantitative estimate of drug-likeness (QED) is 0.308. The van der Waals surface area contributed by atoms with Crippen LogP contribution < -0.4 is 0 Å². The number of hydrogen-bond donors (Lipinski definition) is 2. The van der Waals surface area contributed by atoms with E-state index in [1.54, 1.807) is 18.7 Å². The van der Waals surface area contributed by atoms with E-state index >= 15 is 0 Å². The fraction of sp³-hybridized carbons (Fsp3) is 0.951. The van der Waals surface area contributed by atoms with E-state index in [2.05, 4.69) is 34.6 Å². The predicted molar refractivity (Wildman–Crippen MR) is 190 cm³/mol. The van der Waals surface area contributed by atoms with Crippen LogP contribution in [0.1, 0.15) is 128 Å². The number of aliphatic hydroxyl groups is 2. The van der Waals surface area contributed by atoms with Crippen LogP contribution in [0.15, 0.2) is 0 Å². The lowest BCUT2D eigenvalue weighted by Gasteiger charge is -2.64. The smallest absolute Gasteiger partial charge is 0.410 e. The van der Waals surface area contributed by atoms with Crippen molar-refractivity contribution in [3.05, 3.63) is 0 Å². The number of fused-ring (bicyclic) bond motifs is 4. The highest BCUT2D eigenvalue weighted by atomic mass is 16.7. The molecule has 0 aromatic carbocycles. The van der Waals surface area contributed by atoms with Crippen molar-refractivity contribution in [2.75, 3.05) is 19.7 Å². The third kappa shape index (κ3) is 5.56. The Morgan fingerprint density at radius 2 is 1.63 bits per heavy atom. The van der Waals surface area contributed by atoms with Crippen LogP contribution in [-0.2, 0) is 28.5 Å². The van der Waals surface area contributed by atoms with Gasteiger partial charge in [0.05, 0.1) is 43.2 Å². The van der Waals surface area contributed by atoms with Crippen molar-refractivity contribution >= 4 is 12.1 Å². The molecule has 7 fully saturated rings. The van der Waals surface area contributed by atoms with Gasteiger partial charge in [-0.05, 0) is 131 Å². The summed E-state index contributed by atoms with van der Waals surface area (Å²) in [5.41, 5.74) is -1.86. The fourth-order valence-corrected chi connectivity index (χ4v) is 14.0. The zero-order valence-corrected chi connectivity index (χ0v) is 33.3. The van der Waals surface area contributed by atoms with E-state index in [4.69, 9.17) is 23.7 Å². The molecule has 5 saturated carbocycles. The van der Waals surface area contributed by atoms with Gasteiger partial charge in [0.25, 0.3) is 0 Å². The molecule has 51 heavy (non-hydrogen) atoms. The number of carbonyl (C=O) groups excluding carboxylic acids is 2. The van der Waals surface area contributed by atoms with E-state index < -0.39 is 41.8 Å². The molecule has 7 rings (SSSR count). The number of ether oxygens (including phenoxy) is 5. The van der Waals surface area contributed by atoms with Crippen LogP contribution >= 0.6 is 0 Å². The molecule has 1 amide bonds. The van der Waals surface area contributed by atoms with Crippen LogP contribution in [-0.4, -0.2) is 94.9 Å². The maximum Gasteiger partial charge on any atom is 0.410 e. The molecular formula is C41H67NO9. The first-order valence-electron chi connectivity index (χ1n) is 20.0. The van der Waals surface area contributed by atoms with Gasteiger partial charge in [-0.25, -0.2) is 4.79 Å². The highest BCUT2D eigenvalue weighted by Crippen LogP contribution is 2.89. The van der Waals surface area contributed by atoms with Gasteiger partial charge in [0.1, 0.15) is 5.60 Å². The first kappa shape index (κ1) is 37.8. The summed E-state index contributed by atoms with van der Waals surface area (Å²) in [5, 5.41) is 23.6. The molecule has 2 aliphatic heterocycles. The van der Waals surface area contributed by atoms with E-state index in [9.17, 15) is 19.8 Å². The third-order valence-electron chi connectivity index (χ3n) is 16.1. The Morgan fingerprint density at radius 3 is 2.27 bits per heavy atom. The number of morpholine rings is 1. The van der Waals surface area contributed by atoms with Gasteiger partial charge < -0.3 is 38.8 Å². The summed E-state index contributed by atoms with van der Waals surface area (Å²) in [6.07, 6.45) is 5.37. The van der Waals surface area contributed by atoms with Crippen molar-refractivity contribution < 1.29 is 43.5 Å². The molecule has 0 aromatic heterocycles. The molecule has 1 unspecified atom stereocenters. The maximum absolute atomic E-state index is 12.9. The van der Waals surface area contributed by atoms with Crippen LogP contribution in [0, 0.1) is 50.7 Å². The lowest BCUT2D eigenvalue weighted by atomic mass is 9.41. The van der Waals surface area contributed by atoms with Crippen molar-refractivity contribution in [1.29, 1.82) is 0 Å². The molecule has 7 aliphatic rings. The number of esters is 1. The molecule has 10 heteroatoms. The Labute approximate surface area is 306 Å². The molecule has 290 valence electrons. The largest absolute Gasteiger partial charge is 0.457 e. The minimum absolute atomic E-state index is 0.0300. The minimum atomic E-state index is -1.27. The van der Waals surface area contributed by atoms with E-state index in [1.807, 2.05) is 20.8 Å². The molecule has 14 atom stereocenters. The summed E-state index contributed by atoms with van der Waals surface area (Å²) in [6.45, 7) is 23.6. The van der Waals surface area contributed by atoms with Gasteiger partial charge in [0.15, 0.2) is 12.4 Å². The molecule has 10 nitrogen and oxygen atoms in total. The minimum Gasteiger partial charge on any atom is -0.457 e. The molecule has 0 radical (unpaired) electrons. The van der Waals surface area contributed by atoms with Crippen molar-refractivity contribution in [2.45, 2.75) is 176 Å². The van der Waals surface area contributed by atoms with Crippen molar-refractivity contribution in [3.63, 3.8) is 0 Å². The van der Waals surface area contributed by atoms with Crippen molar-refractivity contribution in [3.8, 4) is 0 Å². The van der Waals surface area contributed by atoms with Crippen LogP contribution in [0.4, 0.5) is 4.79 Å². The molecule has 5 aliphatic carbocycles. The van der Waals surface area contributed by atoms with Gasteiger partial charge in [-0.2, -0.15) is 0 Å². The van der Waals surface area contributed by atoms with Crippen LogP contribution in [0.3, 0.4) is 0 Å². The van der Waals surface area contributed by atoms with Gasteiger partial charge in [0, 0.05) is 18.9 Å². The maximum atomic E-state index is 12.9. The summed E-state index contributed by atoms with van der Waals surface area (Å²) in [7, 11) is 0. The Morgan fingerprint density at radius 1 is 0.961 bits per heavy atom. The van der Waals surface area contributed by atoms with E-state index in [1.165, 1.54) is 19.8 Å². The first-order valence-corrected chi connectivity index (χ1v) is 20.0. The molecular weight excluding hydrogens is 650 g/mol. The average Bonchev–Trinajstić information content (AvgIpc) is 3.64. The third-order valence-corrected chi connectivity index (χ3v) is 16.1. The Hall–Kier alpha value is -1.46. The lowest BCUT2D eigenvalue weighted by molar-refractivity contribution is -0.247. The van der Waals surface area contributed by atoms with Gasteiger partial charge in [-0.3, -0.25) is 4.79 Å². The Bertz CT molecular complexity index is 1390. The molecule has 0 aromatic rings. The molecule has 0 bridgehead atoms. The summed E-state index contributed by atoms with van der Waals surface area (Å²) >= 11 is 0. The normalized spacial score (nSPS) is 47.9. The van der Waals surface area contributed by atoms with Crippen molar-refractivity contribution in [2.24, 2.45) is 50.7 Å². The van der Waals surface area contributed by atoms with Crippen LogP contribution in [0.25, 0.3) is 0 Å². The average molecular weight is 718 g/mol. The first-order chi connectivity index (χ1) is 23.5. The van der Waals surface area contributed by atoms with Crippen LogP contribution in [0.2, 0.25) is 0 Å². The van der Waals surface area contributed by atoms with E-state index in [0.29, 0.717) is 38.0 Å². The molecule has 2 N–H and O–H groups in total. The van der Waals surface area contributed by atoms with Crippen LogP contribution in [0.5, 0.6) is 0 Å². The number of amides is 1. The predicted octanol–water partition coefficient (Wildman–Crippen LogP) is 6.48. The summed E-state index contributed by atoms with van der Waals surface area (Å²) < 4.78 is 31.1. The number of hydrogen-bond acceptors (Lipinski definition) is 9. The molecule has 2 heterocycles. The molecule has 2 spiro atoms. The van der Waals surface area contributed by atoms with Gasteiger partial charge >= 0.3 is 12.1 Å². The zero-order chi connectivity index (χ0) is 37.3. The lowest BCUT2D eigenvalue weighted by Crippen LogP contribution is -2.60. The van der Waals surface area contributed by atoms with Gasteiger partial charge in [-0.1, -0.05) is 34.6 Å². The summed E-state index contributed by atoms with van der Waals surface area (Å²) in [6, 6.07) is 0. The second-order valence-corrected chi connectivity index (χ2v) is 20.6. The highest BCUT2D eigenvalue weighted by molar-refractivity contribution is 5.68. The number of aliphatic hydroxyl groups excluding tert-OH is 1. The SMILES string of the molecule is CC(=O)O[C@@H]([C@H]1C[C@@H](C)[C@H]2[C@H](O1)[C@H](O)[C@@]1(C)[C@@H]3CC[C@H]4C(C)(C)[C@@H](O[C@H]5CN(C(=O)OC(C)(C)C)CCO5)CCC45C[C@@]35CC[C@]21C)C(C)(C)O. The molecule has 2 saturated heterocycles. The fourth-order valence-electron chi connectivity index (χ4n) is 14.0. The second kappa shape index (κ2) is 12.0. The number of nitrogens with zero attached hydrogens (tertiary/aromatic N) is 1. The van der Waals surface area contributed by atoms with E-state index in [-0.39, 0.29) is 57.2 Å². The van der Waals surface area contributed by atoms with Gasteiger partial charge in [-0.15, -0.1) is 0 Å². The summed E-state index contributed by atoms with van der Waals surface area (Å²) in [5.74, 6) is 0.902. The Balaban J connectivity index is 1.09. The number of rotatable bonds is 5. The highest BCUT2D eigenvalue weighted by Gasteiger charge is 2.84. The monoisotopic (exact) mass is 717 g/mol. The second-order valence-electron chi connectivity index (χ2n) is 20.6. The van der Waals surface area contributed by atoms with E-state index in [0.717, 1.165) is 32.1 Å². The van der Waals surface area contributed by atoms with Gasteiger partial charge in [0.2, 0.25) is 0 Å². The summed E-state index contributed by atoms with van der Waals surface area (Å²) in [4.78, 5) is 26.7. The van der Waals surface area contributed by atoms with Crippen molar-refractivity contribution in [1.82, 2.24) is 4.90 Å². The standard InChI is InChI=1S/C41H67NO9/c1-23-20-25(33(37(8,9)46)48-24(2)43)49-31-30(23)38(10)16-17-41-22-40(41)15-14-28(36(6,7)26(40)12-13-27(41)39(38,11)32(31)44)50-29-21-42(18-19-47-29)34(45)51-35(3,4)5/h23,25-33,44,46H,12-22H2,1-11H3/t23-,25-,26+,27+,28+,29+,30+,31+,32+,33+,38-,39-,40?,41+/m1/s1. The topological polar surface area (TPSA) is 124 Å². The Kier molecular flexibility index (Phi) is 8.92. The number of carbonyl (C=O) groups is 2.